The van der Waals surface area contributed by atoms with Gasteiger partial charge < -0.3 is 5.32 Å². The summed E-state index contributed by atoms with van der Waals surface area (Å²) in [4.78, 5) is 12.5. The Bertz CT molecular complexity index is 1170. The highest BCUT2D eigenvalue weighted by atomic mass is 35.5. The molecule has 4 fully saturated rings. The lowest BCUT2D eigenvalue weighted by Gasteiger charge is -2.53. The number of rotatable bonds is 4. The van der Waals surface area contributed by atoms with Crippen LogP contribution in [-0.4, -0.2) is 19.6 Å². The second-order valence-corrected chi connectivity index (χ2v) is 11.8. The summed E-state index contributed by atoms with van der Waals surface area (Å²) in [6.07, 6.45) is 4.85. The molecule has 0 spiro atoms. The predicted molar refractivity (Wildman–Crippen MR) is 114 cm³/mol. The molecule has 1 amide bonds. The monoisotopic (exact) mass is 483 g/mol. The molecule has 0 aliphatic heterocycles. The maximum Gasteiger partial charge on any atom is 0.255 e. The maximum absolute atomic E-state index is 13.6. The van der Waals surface area contributed by atoms with Crippen molar-refractivity contribution in [2.24, 2.45) is 23.7 Å². The van der Waals surface area contributed by atoms with E-state index < -0.39 is 38.4 Å². The number of amides is 1. The molecule has 0 aromatic heterocycles. The van der Waals surface area contributed by atoms with Crippen molar-refractivity contribution in [3.8, 4) is 0 Å². The third-order valence-electron chi connectivity index (χ3n) is 7.24. The Hall–Kier alpha value is -2.06. The van der Waals surface area contributed by atoms with E-state index >= 15 is 0 Å². The Morgan fingerprint density at radius 3 is 2.03 bits per heavy atom. The summed E-state index contributed by atoms with van der Waals surface area (Å²) in [5.74, 6) is -3.89. The van der Waals surface area contributed by atoms with E-state index in [0.717, 1.165) is 25.7 Å². The molecule has 4 bridgehead atoms. The number of benzene rings is 2. The van der Waals surface area contributed by atoms with Gasteiger partial charge in [-0.25, -0.2) is 21.6 Å². The third kappa shape index (κ3) is 3.61. The van der Waals surface area contributed by atoms with E-state index in [1.807, 2.05) is 0 Å². The zero-order valence-electron chi connectivity index (χ0n) is 17.0. The number of carbonyl (C=O) groups excluding carboxylic acids is 1. The summed E-state index contributed by atoms with van der Waals surface area (Å²) in [5.41, 5.74) is -0.311. The van der Waals surface area contributed by atoms with Crippen LogP contribution < -0.4 is 5.32 Å². The molecule has 2 aromatic carbocycles. The van der Waals surface area contributed by atoms with Crippen LogP contribution in [0, 0.1) is 41.1 Å². The maximum atomic E-state index is 13.6. The van der Waals surface area contributed by atoms with Crippen LogP contribution in [-0.2, 0) is 9.84 Å². The minimum absolute atomic E-state index is 0.0260. The van der Waals surface area contributed by atoms with E-state index in [1.165, 1.54) is 24.6 Å². The smallest absolute Gasteiger partial charge is 0.255 e. The van der Waals surface area contributed by atoms with Gasteiger partial charge in [-0.2, -0.15) is 0 Å². The van der Waals surface area contributed by atoms with Crippen molar-refractivity contribution in [2.45, 2.75) is 42.2 Å². The van der Waals surface area contributed by atoms with Crippen molar-refractivity contribution in [1.82, 2.24) is 0 Å². The number of nitrogens with one attached hydrogen (secondary N) is 1. The topological polar surface area (TPSA) is 63.2 Å². The number of sulfone groups is 1. The molecule has 170 valence electrons. The molecule has 1 N–H and O–H groups in total. The van der Waals surface area contributed by atoms with Crippen molar-refractivity contribution in [3.05, 3.63) is 58.4 Å². The van der Waals surface area contributed by atoms with E-state index in [-0.39, 0.29) is 33.0 Å². The van der Waals surface area contributed by atoms with Gasteiger partial charge in [0, 0.05) is 23.4 Å². The van der Waals surface area contributed by atoms with Gasteiger partial charge in [0.1, 0.15) is 0 Å². The first-order chi connectivity index (χ1) is 15.1. The summed E-state index contributed by atoms with van der Waals surface area (Å²) in [5, 5.41) is 1.80. The van der Waals surface area contributed by atoms with Gasteiger partial charge in [-0.05, 0) is 74.0 Å². The zero-order valence-corrected chi connectivity index (χ0v) is 18.5. The molecule has 9 heteroatoms. The van der Waals surface area contributed by atoms with Crippen molar-refractivity contribution in [1.29, 1.82) is 0 Å². The first kappa shape index (κ1) is 21.8. The lowest BCUT2D eigenvalue weighted by molar-refractivity contribution is 0.0237. The third-order valence-corrected chi connectivity index (χ3v) is 10.1. The van der Waals surface area contributed by atoms with Crippen LogP contribution in [0.25, 0.3) is 0 Å². The minimum Gasteiger partial charge on any atom is -0.322 e. The molecule has 6 rings (SSSR count). The summed E-state index contributed by atoms with van der Waals surface area (Å²) < 4.78 is 67.4. The second-order valence-electron chi connectivity index (χ2n) is 9.29. The summed E-state index contributed by atoms with van der Waals surface area (Å²) in [6.45, 7) is 0. The molecule has 0 saturated heterocycles. The van der Waals surface area contributed by atoms with Crippen molar-refractivity contribution in [3.63, 3.8) is 0 Å². The Kier molecular flexibility index (Phi) is 5.28. The van der Waals surface area contributed by atoms with E-state index in [9.17, 15) is 26.4 Å². The summed E-state index contributed by atoms with van der Waals surface area (Å²) >= 11 is 6.27. The van der Waals surface area contributed by atoms with Gasteiger partial charge in [0.25, 0.3) is 5.91 Å². The van der Waals surface area contributed by atoms with Gasteiger partial charge in [-0.15, -0.1) is 0 Å². The molecule has 4 aliphatic rings. The molecule has 0 unspecified atom stereocenters. The quantitative estimate of drug-likeness (QED) is 0.575. The van der Waals surface area contributed by atoms with E-state index in [1.54, 1.807) is 0 Å². The zero-order chi connectivity index (χ0) is 22.8. The van der Waals surface area contributed by atoms with Crippen LogP contribution in [0.15, 0.2) is 35.2 Å². The molecule has 4 aliphatic carbocycles. The number of carbonyl (C=O) groups is 1. The fourth-order valence-corrected chi connectivity index (χ4v) is 9.04. The molecule has 4 nitrogen and oxygen atoms in total. The second kappa shape index (κ2) is 7.76. The fraction of sp³-hybridized carbons (Fsp3) is 0.435. The van der Waals surface area contributed by atoms with Crippen LogP contribution in [0.2, 0.25) is 5.02 Å². The standard InChI is InChI=1S/C23H21ClF3NO3S/c24-17-2-1-13(23(29)28-16-9-18(25)21(27)19(26)10-16)8-20(17)32(30,31)22-14-4-11-3-12(6-14)7-15(22)5-11/h1-2,8-12,14-15,22H,3-7H2,(H,28,29). The minimum atomic E-state index is -3.78. The van der Waals surface area contributed by atoms with Crippen molar-refractivity contribution >= 4 is 33.0 Å². The van der Waals surface area contributed by atoms with Crippen LogP contribution in [0.5, 0.6) is 0 Å². The van der Waals surface area contributed by atoms with E-state index in [2.05, 4.69) is 5.32 Å². The van der Waals surface area contributed by atoms with Gasteiger partial charge >= 0.3 is 0 Å². The molecule has 32 heavy (non-hydrogen) atoms. The molecule has 4 saturated carbocycles. The highest BCUT2D eigenvalue weighted by Crippen LogP contribution is 2.56. The van der Waals surface area contributed by atoms with Gasteiger partial charge in [-0.3, -0.25) is 4.79 Å². The first-order valence-corrected chi connectivity index (χ1v) is 12.5. The molecule has 2 aromatic rings. The summed E-state index contributed by atoms with van der Waals surface area (Å²) in [6, 6.07) is 5.19. The Labute approximate surface area is 189 Å². The molecule has 0 heterocycles. The highest BCUT2D eigenvalue weighted by Gasteiger charge is 2.53. The molecule has 0 radical (unpaired) electrons. The summed E-state index contributed by atoms with van der Waals surface area (Å²) in [7, 11) is -3.78. The fourth-order valence-electron chi connectivity index (χ4n) is 6.22. The number of hydrogen-bond acceptors (Lipinski definition) is 3. The lowest BCUT2D eigenvalue weighted by atomic mass is 9.56. The van der Waals surface area contributed by atoms with Gasteiger partial charge in [0.05, 0.1) is 15.2 Å². The Morgan fingerprint density at radius 2 is 1.47 bits per heavy atom. The molecular weight excluding hydrogens is 463 g/mol. The lowest BCUT2D eigenvalue weighted by Crippen LogP contribution is -2.51. The molecule has 0 atom stereocenters. The number of hydrogen-bond donors (Lipinski definition) is 1. The van der Waals surface area contributed by atoms with Crippen LogP contribution in [0.4, 0.5) is 18.9 Å². The highest BCUT2D eigenvalue weighted by molar-refractivity contribution is 7.92. The average Bonchev–Trinajstić information content (AvgIpc) is 2.71. The number of halogens is 4. The van der Waals surface area contributed by atoms with Crippen molar-refractivity contribution < 1.29 is 26.4 Å². The molecular formula is C23H21ClF3NO3S. The van der Waals surface area contributed by atoms with Gasteiger partial charge in [0.2, 0.25) is 0 Å². The Balaban J connectivity index is 1.44. The van der Waals surface area contributed by atoms with Gasteiger partial charge in [0.15, 0.2) is 27.3 Å². The first-order valence-electron chi connectivity index (χ1n) is 10.6. The van der Waals surface area contributed by atoms with Crippen molar-refractivity contribution in [2.75, 3.05) is 5.32 Å². The van der Waals surface area contributed by atoms with Crippen LogP contribution >= 0.6 is 11.6 Å². The van der Waals surface area contributed by atoms with E-state index in [0.29, 0.717) is 24.0 Å². The van der Waals surface area contributed by atoms with E-state index in [4.69, 9.17) is 11.6 Å². The number of anilines is 1. The van der Waals surface area contributed by atoms with Crippen LogP contribution in [0.3, 0.4) is 0 Å². The average molecular weight is 484 g/mol. The van der Waals surface area contributed by atoms with Gasteiger partial charge in [-0.1, -0.05) is 11.6 Å². The van der Waals surface area contributed by atoms with Crippen LogP contribution in [0.1, 0.15) is 42.5 Å². The largest absolute Gasteiger partial charge is 0.322 e. The normalized spacial score (nSPS) is 28.7. The Morgan fingerprint density at radius 1 is 0.906 bits per heavy atom. The predicted octanol–water partition coefficient (Wildman–Crippen LogP) is 5.61. The SMILES string of the molecule is O=C(Nc1cc(F)c(F)c(F)c1)c1ccc(Cl)c(S(=O)(=O)C2C3CC4CC(C3)CC2C4)c1.